The van der Waals surface area contributed by atoms with Gasteiger partial charge in [0.1, 0.15) is 0 Å². The van der Waals surface area contributed by atoms with Gasteiger partial charge in [0.15, 0.2) is 0 Å². The lowest BCUT2D eigenvalue weighted by Crippen LogP contribution is -2.59. The van der Waals surface area contributed by atoms with Crippen LogP contribution in [0.4, 0.5) is 11.4 Å². The van der Waals surface area contributed by atoms with Gasteiger partial charge in [0, 0.05) is 11.3 Å². The lowest BCUT2D eigenvalue weighted by Gasteiger charge is -2.38. The highest BCUT2D eigenvalue weighted by Crippen LogP contribution is 2.32. The number of nitrogens with zero attached hydrogens (tertiary/aromatic N) is 1. The fraction of sp³-hybridized carbons (Fsp3) is 0.240. The van der Waals surface area contributed by atoms with E-state index < -0.39 is 29.7 Å². The molecule has 0 spiro atoms. The van der Waals surface area contributed by atoms with Gasteiger partial charge in [-0.15, -0.1) is 0 Å². The zero-order valence-corrected chi connectivity index (χ0v) is 19.1. The zero-order chi connectivity index (χ0) is 25.1. The van der Waals surface area contributed by atoms with Gasteiger partial charge >= 0.3 is 11.9 Å². The smallest absolute Gasteiger partial charge is 0.337 e. The summed E-state index contributed by atoms with van der Waals surface area (Å²) in [5.74, 6) is -3.29. The first-order valence-electron chi connectivity index (χ1n) is 10.8. The van der Waals surface area contributed by atoms with Crippen molar-refractivity contribution in [3.8, 4) is 0 Å². The van der Waals surface area contributed by atoms with Crippen LogP contribution in [0.2, 0.25) is 0 Å². The number of carbonyl (C=O) groups is 5. The number of esters is 2. The molecule has 0 radical (unpaired) electrons. The maximum atomic E-state index is 13.0. The Balaban J connectivity index is 1.59. The van der Waals surface area contributed by atoms with Crippen molar-refractivity contribution in [2.45, 2.75) is 12.8 Å². The number of hydrogen-bond acceptors (Lipinski definition) is 7. The number of allylic oxidation sites excluding steroid dienone is 2. The number of fused-ring (bicyclic) bond motifs is 1. The number of rotatable bonds is 5. The second-order valence-electron chi connectivity index (χ2n) is 8.09. The molecular formula is C25H23N3O7. The summed E-state index contributed by atoms with van der Waals surface area (Å²) >= 11 is 0. The van der Waals surface area contributed by atoms with E-state index in [0.717, 1.165) is 0 Å². The molecule has 2 aromatic carbocycles. The lowest BCUT2D eigenvalue weighted by atomic mass is 9.80. The Kier molecular flexibility index (Phi) is 6.63. The fourth-order valence-electron chi connectivity index (χ4n) is 4.14. The van der Waals surface area contributed by atoms with E-state index in [-0.39, 0.29) is 34.2 Å². The Bertz CT molecular complexity index is 1220. The summed E-state index contributed by atoms with van der Waals surface area (Å²) in [4.78, 5) is 62.6. The summed E-state index contributed by atoms with van der Waals surface area (Å²) < 4.78 is 9.42. The Hall–Kier alpha value is -4.47. The van der Waals surface area contributed by atoms with Crippen molar-refractivity contribution in [1.82, 2.24) is 5.43 Å². The molecule has 1 heterocycles. The van der Waals surface area contributed by atoms with Crippen LogP contribution in [-0.2, 0) is 19.1 Å². The monoisotopic (exact) mass is 477 g/mol. The molecule has 2 atom stereocenters. The van der Waals surface area contributed by atoms with E-state index in [1.165, 1.54) is 49.6 Å². The summed E-state index contributed by atoms with van der Waals surface area (Å²) in [6, 6.07) is 10.2. The SMILES string of the molecule is COC(=O)c1cc(NC(=O)c2cccc(N3NC(=O)C4CC=CCC4C3=O)c2)cc(C(=O)OC)c1. The molecule has 1 aliphatic carbocycles. The lowest BCUT2D eigenvalue weighted by molar-refractivity contribution is -0.139. The van der Waals surface area contributed by atoms with Crippen molar-refractivity contribution in [3.63, 3.8) is 0 Å². The van der Waals surface area contributed by atoms with Crippen molar-refractivity contribution < 1.29 is 33.4 Å². The molecule has 3 amide bonds. The number of methoxy groups -OCH3 is 2. The summed E-state index contributed by atoms with van der Waals surface area (Å²) in [6.45, 7) is 0. The van der Waals surface area contributed by atoms with Crippen molar-refractivity contribution in [1.29, 1.82) is 0 Å². The third-order valence-corrected chi connectivity index (χ3v) is 5.93. The fourth-order valence-corrected chi connectivity index (χ4v) is 4.14. The molecule has 2 unspecified atom stereocenters. The topological polar surface area (TPSA) is 131 Å². The number of nitrogens with one attached hydrogen (secondary N) is 2. The van der Waals surface area contributed by atoms with Gasteiger partial charge in [-0.05, 0) is 49.2 Å². The Morgan fingerprint density at radius 1 is 0.886 bits per heavy atom. The molecule has 10 nitrogen and oxygen atoms in total. The van der Waals surface area contributed by atoms with Crippen LogP contribution in [-0.4, -0.2) is 43.9 Å². The Morgan fingerprint density at radius 2 is 1.51 bits per heavy atom. The minimum Gasteiger partial charge on any atom is -0.465 e. The molecule has 10 heteroatoms. The zero-order valence-electron chi connectivity index (χ0n) is 19.1. The number of ether oxygens (including phenoxy) is 2. The predicted octanol–water partition coefficient (Wildman–Crippen LogP) is 2.47. The van der Waals surface area contributed by atoms with Crippen molar-refractivity contribution in [2.24, 2.45) is 11.8 Å². The highest BCUT2D eigenvalue weighted by Gasteiger charge is 2.42. The average Bonchev–Trinajstić information content (AvgIpc) is 2.89. The van der Waals surface area contributed by atoms with E-state index in [1.807, 2.05) is 12.2 Å². The first-order valence-corrected chi connectivity index (χ1v) is 10.8. The molecule has 1 fully saturated rings. The largest absolute Gasteiger partial charge is 0.465 e. The van der Waals surface area contributed by atoms with E-state index >= 15 is 0 Å². The van der Waals surface area contributed by atoms with Crippen LogP contribution in [0, 0.1) is 11.8 Å². The minimum absolute atomic E-state index is 0.0529. The van der Waals surface area contributed by atoms with Crippen LogP contribution in [0.5, 0.6) is 0 Å². The molecule has 0 bridgehead atoms. The number of amides is 3. The average molecular weight is 477 g/mol. The second-order valence-corrected chi connectivity index (χ2v) is 8.09. The molecule has 2 aliphatic rings. The first kappa shape index (κ1) is 23.7. The number of anilines is 2. The van der Waals surface area contributed by atoms with Crippen LogP contribution < -0.4 is 15.8 Å². The Labute approximate surface area is 200 Å². The maximum Gasteiger partial charge on any atom is 0.337 e. The third-order valence-electron chi connectivity index (χ3n) is 5.93. The summed E-state index contributed by atoms with van der Waals surface area (Å²) in [5, 5.41) is 3.81. The number of hydrazine groups is 1. The van der Waals surface area contributed by atoms with E-state index in [0.29, 0.717) is 18.5 Å². The molecule has 2 N–H and O–H groups in total. The summed E-state index contributed by atoms with van der Waals surface area (Å²) in [7, 11) is 2.40. The maximum absolute atomic E-state index is 13.0. The van der Waals surface area contributed by atoms with Gasteiger partial charge in [-0.1, -0.05) is 18.2 Å². The van der Waals surface area contributed by atoms with Crippen LogP contribution in [0.3, 0.4) is 0 Å². The second kappa shape index (κ2) is 9.80. The quantitative estimate of drug-likeness (QED) is 0.500. The predicted molar refractivity (Wildman–Crippen MR) is 124 cm³/mol. The number of carbonyl (C=O) groups excluding carboxylic acids is 5. The summed E-state index contributed by atoms with van der Waals surface area (Å²) in [5.41, 5.74) is 3.43. The molecule has 4 rings (SSSR count). The highest BCUT2D eigenvalue weighted by molar-refractivity contribution is 6.08. The normalized spacial score (nSPS) is 18.9. The molecule has 0 aromatic heterocycles. The van der Waals surface area contributed by atoms with Crippen LogP contribution >= 0.6 is 0 Å². The molecule has 1 saturated heterocycles. The first-order chi connectivity index (χ1) is 16.8. The summed E-state index contributed by atoms with van der Waals surface area (Å²) in [6.07, 6.45) is 4.78. The van der Waals surface area contributed by atoms with Crippen molar-refractivity contribution in [2.75, 3.05) is 24.5 Å². The van der Waals surface area contributed by atoms with Gasteiger partial charge < -0.3 is 14.8 Å². The van der Waals surface area contributed by atoms with Crippen LogP contribution in [0.25, 0.3) is 0 Å². The van der Waals surface area contributed by atoms with E-state index in [4.69, 9.17) is 9.47 Å². The number of benzene rings is 2. The molecule has 1 aliphatic heterocycles. The molecule has 35 heavy (non-hydrogen) atoms. The van der Waals surface area contributed by atoms with Gasteiger partial charge in [-0.25, -0.2) is 14.6 Å². The van der Waals surface area contributed by atoms with Crippen molar-refractivity contribution in [3.05, 3.63) is 71.3 Å². The van der Waals surface area contributed by atoms with Gasteiger partial charge in [0.25, 0.3) is 5.91 Å². The Morgan fingerprint density at radius 3 is 2.14 bits per heavy atom. The van der Waals surface area contributed by atoms with Gasteiger partial charge in [-0.3, -0.25) is 19.8 Å². The minimum atomic E-state index is -0.691. The molecule has 2 aromatic rings. The van der Waals surface area contributed by atoms with E-state index in [9.17, 15) is 24.0 Å². The van der Waals surface area contributed by atoms with Gasteiger partial charge in [0.2, 0.25) is 11.8 Å². The van der Waals surface area contributed by atoms with Crippen LogP contribution in [0.15, 0.2) is 54.6 Å². The van der Waals surface area contributed by atoms with E-state index in [2.05, 4.69) is 10.7 Å². The third kappa shape index (κ3) is 4.77. The van der Waals surface area contributed by atoms with Crippen LogP contribution in [0.1, 0.15) is 43.9 Å². The highest BCUT2D eigenvalue weighted by atomic mass is 16.5. The molecule has 0 saturated carbocycles. The van der Waals surface area contributed by atoms with E-state index in [1.54, 1.807) is 12.1 Å². The molecule has 180 valence electrons. The van der Waals surface area contributed by atoms with Crippen molar-refractivity contribution >= 4 is 41.0 Å². The molecular weight excluding hydrogens is 454 g/mol. The standard InChI is InChI=1S/C25H23N3O7/c1-34-24(32)15-10-16(25(33)35-2)12-17(11-15)26-21(29)14-6-5-7-18(13-14)28-23(31)20-9-4-3-8-19(20)22(30)27-28/h3-7,10-13,19-20H,8-9H2,1-2H3,(H,26,29)(H,27,30). The van der Waals surface area contributed by atoms with Gasteiger partial charge in [0.05, 0.1) is 42.9 Å². The number of hydrogen-bond donors (Lipinski definition) is 2. The van der Waals surface area contributed by atoms with Gasteiger partial charge in [-0.2, -0.15) is 0 Å².